The minimum absolute atomic E-state index is 0.0751. The lowest BCUT2D eigenvalue weighted by atomic mass is 9.88. The first-order chi connectivity index (χ1) is 8.68. The standard InChI is InChI=1S/C14H21FN2O/c1-17(13-5-3-12(15)4-6-13)14(11-16)7-2-9-18-10-8-14/h3-6H,2,7-11,16H2,1H3. The van der Waals surface area contributed by atoms with E-state index in [9.17, 15) is 4.39 Å². The summed E-state index contributed by atoms with van der Waals surface area (Å²) in [4.78, 5) is 2.18. The van der Waals surface area contributed by atoms with Crippen molar-refractivity contribution in [1.82, 2.24) is 0 Å². The number of hydrogen-bond donors (Lipinski definition) is 1. The van der Waals surface area contributed by atoms with E-state index in [1.165, 1.54) is 12.1 Å². The Kier molecular flexibility index (Phi) is 4.19. The summed E-state index contributed by atoms with van der Waals surface area (Å²) in [6.45, 7) is 2.13. The molecular weight excluding hydrogens is 231 g/mol. The quantitative estimate of drug-likeness (QED) is 0.896. The Balaban J connectivity index is 2.22. The van der Waals surface area contributed by atoms with Gasteiger partial charge in [0.2, 0.25) is 0 Å². The lowest BCUT2D eigenvalue weighted by Gasteiger charge is -2.42. The smallest absolute Gasteiger partial charge is 0.123 e. The van der Waals surface area contributed by atoms with E-state index < -0.39 is 0 Å². The van der Waals surface area contributed by atoms with Crippen LogP contribution in [0.25, 0.3) is 0 Å². The number of rotatable bonds is 3. The molecule has 0 saturated carbocycles. The van der Waals surface area contributed by atoms with Crippen LogP contribution in [0.5, 0.6) is 0 Å². The maximum atomic E-state index is 13.0. The van der Waals surface area contributed by atoms with Gasteiger partial charge in [-0.2, -0.15) is 0 Å². The minimum Gasteiger partial charge on any atom is -0.381 e. The van der Waals surface area contributed by atoms with E-state index in [0.29, 0.717) is 6.54 Å². The van der Waals surface area contributed by atoms with Crippen LogP contribution in [0, 0.1) is 5.82 Å². The Morgan fingerprint density at radius 1 is 1.28 bits per heavy atom. The molecule has 4 heteroatoms. The van der Waals surface area contributed by atoms with Crippen molar-refractivity contribution in [3.05, 3.63) is 30.1 Å². The van der Waals surface area contributed by atoms with E-state index in [-0.39, 0.29) is 11.4 Å². The summed E-state index contributed by atoms with van der Waals surface area (Å²) >= 11 is 0. The number of halogens is 1. The van der Waals surface area contributed by atoms with E-state index >= 15 is 0 Å². The Labute approximate surface area is 108 Å². The van der Waals surface area contributed by atoms with Crippen LogP contribution < -0.4 is 10.6 Å². The molecule has 0 radical (unpaired) electrons. The first-order valence-electron chi connectivity index (χ1n) is 6.45. The summed E-state index contributed by atoms with van der Waals surface area (Å²) < 4.78 is 18.5. The molecule has 18 heavy (non-hydrogen) atoms. The van der Waals surface area contributed by atoms with Crippen LogP contribution >= 0.6 is 0 Å². The van der Waals surface area contributed by atoms with Crippen LogP contribution in [0.15, 0.2) is 24.3 Å². The van der Waals surface area contributed by atoms with Gasteiger partial charge in [-0.15, -0.1) is 0 Å². The van der Waals surface area contributed by atoms with Crippen molar-refractivity contribution in [3.63, 3.8) is 0 Å². The Morgan fingerprint density at radius 3 is 2.67 bits per heavy atom. The molecule has 0 aromatic heterocycles. The second-order valence-electron chi connectivity index (χ2n) is 4.93. The summed E-state index contributed by atoms with van der Waals surface area (Å²) in [6, 6.07) is 6.59. The molecule has 0 bridgehead atoms. The predicted molar refractivity (Wildman–Crippen MR) is 71.3 cm³/mol. The molecule has 0 amide bonds. The molecule has 1 heterocycles. The van der Waals surface area contributed by atoms with Crippen molar-refractivity contribution in [2.75, 3.05) is 31.7 Å². The Morgan fingerprint density at radius 2 is 2.00 bits per heavy atom. The van der Waals surface area contributed by atoms with Crippen molar-refractivity contribution in [2.45, 2.75) is 24.8 Å². The van der Waals surface area contributed by atoms with Crippen LogP contribution in [0.3, 0.4) is 0 Å². The van der Waals surface area contributed by atoms with E-state index in [1.54, 1.807) is 12.1 Å². The number of anilines is 1. The van der Waals surface area contributed by atoms with E-state index in [1.807, 2.05) is 7.05 Å². The molecule has 0 spiro atoms. The molecule has 1 aromatic carbocycles. The fraction of sp³-hybridized carbons (Fsp3) is 0.571. The van der Waals surface area contributed by atoms with Gasteiger partial charge in [0.25, 0.3) is 0 Å². The highest BCUT2D eigenvalue weighted by Gasteiger charge is 2.34. The molecule has 1 aromatic rings. The molecule has 2 N–H and O–H groups in total. The molecule has 100 valence electrons. The largest absolute Gasteiger partial charge is 0.381 e. The SMILES string of the molecule is CN(c1ccc(F)cc1)C1(CN)CCCOCC1. The molecule has 1 fully saturated rings. The van der Waals surface area contributed by atoms with Gasteiger partial charge in [0.05, 0.1) is 5.54 Å². The van der Waals surface area contributed by atoms with Crippen molar-refractivity contribution in [1.29, 1.82) is 0 Å². The number of ether oxygens (including phenoxy) is 1. The van der Waals surface area contributed by atoms with Gasteiger partial charge < -0.3 is 15.4 Å². The summed E-state index contributed by atoms with van der Waals surface area (Å²) in [5.74, 6) is -0.210. The first kappa shape index (κ1) is 13.3. The van der Waals surface area contributed by atoms with Gasteiger partial charge in [-0.3, -0.25) is 0 Å². The van der Waals surface area contributed by atoms with Gasteiger partial charge in [-0.1, -0.05) is 0 Å². The number of nitrogens with zero attached hydrogens (tertiary/aromatic N) is 1. The van der Waals surface area contributed by atoms with E-state index in [4.69, 9.17) is 10.5 Å². The predicted octanol–water partition coefficient (Wildman–Crippen LogP) is 2.16. The third-order valence-corrected chi connectivity index (χ3v) is 3.95. The fourth-order valence-electron chi connectivity index (χ4n) is 2.61. The van der Waals surface area contributed by atoms with Crippen molar-refractivity contribution < 1.29 is 9.13 Å². The van der Waals surface area contributed by atoms with Crippen LogP contribution in [0.4, 0.5) is 10.1 Å². The summed E-state index contributed by atoms with van der Waals surface area (Å²) in [7, 11) is 2.03. The Hall–Kier alpha value is -1.13. The van der Waals surface area contributed by atoms with Gasteiger partial charge in [-0.05, 0) is 43.5 Å². The maximum Gasteiger partial charge on any atom is 0.123 e. The van der Waals surface area contributed by atoms with Crippen LogP contribution in [-0.2, 0) is 4.74 Å². The highest BCUT2D eigenvalue weighted by atomic mass is 19.1. The zero-order valence-corrected chi connectivity index (χ0v) is 10.9. The Bertz CT molecular complexity index is 372. The summed E-state index contributed by atoms with van der Waals surface area (Å²) in [6.07, 6.45) is 2.94. The average molecular weight is 252 g/mol. The second kappa shape index (κ2) is 5.67. The van der Waals surface area contributed by atoms with Gasteiger partial charge in [0, 0.05) is 32.5 Å². The molecule has 1 unspecified atom stereocenters. The van der Waals surface area contributed by atoms with Gasteiger partial charge in [-0.25, -0.2) is 4.39 Å². The molecule has 1 saturated heterocycles. The number of likely N-dealkylation sites (N-methyl/N-ethyl adjacent to an activating group) is 1. The van der Waals surface area contributed by atoms with Crippen LogP contribution in [0.1, 0.15) is 19.3 Å². The first-order valence-corrected chi connectivity index (χ1v) is 6.45. The maximum absolute atomic E-state index is 13.0. The summed E-state index contributed by atoms with van der Waals surface area (Å²) in [5, 5.41) is 0. The summed E-state index contributed by atoms with van der Waals surface area (Å²) in [5.41, 5.74) is 6.93. The average Bonchev–Trinajstić information content (AvgIpc) is 2.65. The highest BCUT2D eigenvalue weighted by Crippen LogP contribution is 2.30. The number of nitrogens with two attached hydrogens (primary N) is 1. The van der Waals surface area contributed by atoms with Gasteiger partial charge in [0.15, 0.2) is 0 Å². The topological polar surface area (TPSA) is 38.5 Å². The molecule has 2 rings (SSSR count). The highest BCUT2D eigenvalue weighted by molar-refractivity contribution is 5.48. The van der Waals surface area contributed by atoms with Crippen LogP contribution in [0.2, 0.25) is 0 Å². The zero-order chi connectivity index (χ0) is 13.0. The third-order valence-electron chi connectivity index (χ3n) is 3.95. The molecule has 0 aliphatic carbocycles. The fourth-order valence-corrected chi connectivity index (χ4v) is 2.61. The van der Waals surface area contributed by atoms with Crippen LogP contribution in [-0.4, -0.2) is 32.3 Å². The van der Waals surface area contributed by atoms with E-state index in [0.717, 1.165) is 38.2 Å². The minimum atomic E-state index is -0.210. The number of benzene rings is 1. The zero-order valence-electron chi connectivity index (χ0n) is 10.9. The lowest BCUT2D eigenvalue weighted by molar-refractivity contribution is 0.139. The third kappa shape index (κ3) is 2.65. The van der Waals surface area contributed by atoms with Crippen molar-refractivity contribution in [3.8, 4) is 0 Å². The molecule has 1 aliphatic rings. The molecule has 1 aliphatic heterocycles. The molecule has 1 atom stereocenters. The van der Waals surface area contributed by atoms with E-state index in [2.05, 4.69) is 4.90 Å². The van der Waals surface area contributed by atoms with Crippen molar-refractivity contribution >= 4 is 5.69 Å². The monoisotopic (exact) mass is 252 g/mol. The second-order valence-corrected chi connectivity index (χ2v) is 4.93. The van der Waals surface area contributed by atoms with Gasteiger partial charge in [0.1, 0.15) is 5.82 Å². The molecular formula is C14H21FN2O. The van der Waals surface area contributed by atoms with Gasteiger partial charge >= 0.3 is 0 Å². The molecule has 3 nitrogen and oxygen atoms in total. The van der Waals surface area contributed by atoms with Crippen molar-refractivity contribution in [2.24, 2.45) is 5.73 Å². The number of hydrogen-bond acceptors (Lipinski definition) is 3. The normalized spacial score (nSPS) is 24.6. The lowest BCUT2D eigenvalue weighted by Crippen LogP contribution is -2.52.